The molecule has 1 aromatic heterocycles. The van der Waals surface area contributed by atoms with E-state index in [1.54, 1.807) is 24.2 Å². The van der Waals surface area contributed by atoms with Crippen molar-refractivity contribution in [2.75, 3.05) is 7.11 Å². The summed E-state index contributed by atoms with van der Waals surface area (Å²) in [6, 6.07) is -0.102. The number of carbonyl (C=O) groups is 1. The second kappa shape index (κ2) is 4.52. The van der Waals surface area contributed by atoms with Crippen LogP contribution in [-0.2, 0) is 4.79 Å². The van der Waals surface area contributed by atoms with Crippen molar-refractivity contribution >= 4 is 5.97 Å². The van der Waals surface area contributed by atoms with Crippen molar-refractivity contribution in [3.63, 3.8) is 0 Å². The Hall–Kier alpha value is -1.56. The first kappa shape index (κ1) is 12.5. The molecule has 0 radical (unpaired) electrons. The van der Waals surface area contributed by atoms with Gasteiger partial charge in [-0.05, 0) is 20.3 Å². The molecule has 0 bridgehead atoms. The number of carboxylic acids is 1. The largest absolute Gasteiger partial charge is 0.493 e. The zero-order valence-electron chi connectivity index (χ0n) is 9.67. The molecule has 6 nitrogen and oxygen atoms in total. The van der Waals surface area contributed by atoms with Gasteiger partial charge in [-0.2, -0.15) is 5.10 Å². The van der Waals surface area contributed by atoms with Gasteiger partial charge in [0.15, 0.2) is 5.75 Å². The Bertz CT molecular complexity index is 373. The van der Waals surface area contributed by atoms with Crippen molar-refractivity contribution in [2.24, 2.45) is 5.73 Å². The van der Waals surface area contributed by atoms with E-state index in [9.17, 15) is 4.79 Å². The quantitative estimate of drug-likeness (QED) is 0.770. The number of nitrogens with zero attached hydrogens (tertiary/aromatic N) is 2. The van der Waals surface area contributed by atoms with Crippen molar-refractivity contribution in [3.8, 4) is 5.75 Å². The number of methoxy groups -OCH3 is 1. The van der Waals surface area contributed by atoms with Crippen LogP contribution in [0.3, 0.4) is 0 Å². The molecule has 0 saturated heterocycles. The van der Waals surface area contributed by atoms with Gasteiger partial charge in [0.2, 0.25) is 0 Å². The Kier molecular flexibility index (Phi) is 3.54. The minimum atomic E-state index is -1.25. The second-order valence-corrected chi connectivity index (χ2v) is 4.14. The fraction of sp³-hybridized carbons (Fsp3) is 0.600. The number of rotatable bonds is 5. The topological polar surface area (TPSA) is 90.4 Å². The summed E-state index contributed by atoms with van der Waals surface area (Å²) in [7, 11) is 1.55. The summed E-state index contributed by atoms with van der Waals surface area (Å²) in [6.45, 7) is 3.35. The SMILES string of the molecule is COc1cnn(C(C)CC(C)(N)C(=O)O)c1. The number of ether oxygens (including phenoxy) is 1. The average molecular weight is 227 g/mol. The molecule has 6 heteroatoms. The van der Waals surface area contributed by atoms with Crippen LogP contribution in [0.15, 0.2) is 12.4 Å². The molecule has 16 heavy (non-hydrogen) atoms. The Morgan fingerprint density at radius 1 is 1.81 bits per heavy atom. The molecular formula is C10H17N3O3. The van der Waals surface area contributed by atoms with Gasteiger partial charge in [0.25, 0.3) is 0 Å². The van der Waals surface area contributed by atoms with Crippen LogP contribution in [0.4, 0.5) is 0 Å². The van der Waals surface area contributed by atoms with Crippen LogP contribution in [0.2, 0.25) is 0 Å². The third-order valence-electron chi connectivity index (χ3n) is 2.47. The molecule has 0 aliphatic carbocycles. The van der Waals surface area contributed by atoms with Gasteiger partial charge in [0.1, 0.15) is 5.54 Å². The number of nitrogens with two attached hydrogens (primary N) is 1. The second-order valence-electron chi connectivity index (χ2n) is 4.14. The number of hydrogen-bond acceptors (Lipinski definition) is 4. The Morgan fingerprint density at radius 2 is 2.44 bits per heavy atom. The molecule has 1 heterocycles. The zero-order valence-corrected chi connectivity index (χ0v) is 9.67. The Labute approximate surface area is 94.0 Å². The van der Waals surface area contributed by atoms with Crippen molar-refractivity contribution in [3.05, 3.63) is 12.4 Å². The molecule has 0 saturated carbocycles. The van der Waals surface area contributed by atoms with E-state index in [1.165, 1.54) is 6.92 Å². The van der Waals surface area contributed by atoms with Gasteiger partial charge in [0, 0.05) is 0 Å². The summed E-state index contributed by atoms with van der Waals surface area (Å²) in [5.41, 5.74) is 4.41. The van der Waals surface area contributed by atoms with E-state index >= 15 is 0 Å². The maximum absolute atomic E-state index is 10.9. The van der Waals surface area contributed by atoms with E-state index in [0.717, 1.165) is 0 Å². The first-order chi connectivity index (χ1) is 7.36. The molecule has 0 aliphatic heterocycles. The van der Waals surface area contributed by atoms with E-state index in [0.29, 0.717) is 12.2 Å². The lowest BCUT2D eigenvalue weighted by molar-refractivity contribution is -0.143. The monoisotopic (exact) mass is 227 g/mol. The fourth-order valence-electron chi connectivity index (χ4n) is 1.46. The summed E-state index contributed by atoms with van der Waals surface area (Å²) in [5, 5.41) is 13.0. The van der Waals surface area contributed by atoms with E-state index < -0.39 is 11.5 Å². The van der Waals surface area contributed by atoms with Crippen molar-refractivity contribution in [2.45, 2.75) is 31.8 Å². The molecule has 0 aromatic carbocycles. The highest BCUT2D eigenvalue weighted by Crippen LogP contribution is 2.20. The number of aliphatic carboxylic acids is 1. The summed E-state index contributed by atoms with van der Waals surface area (Å²) in [4.78, 5) is 10.9. The standard InChI is InChI=1S/C10H17N3O3/c1-7(4-10(2,11)9(14)15)13-6-8(16-3)5-12-13/h5-7H,4,11H2,1-3H3,(H,14,15). The van der Waals surface area contributed by atoms with E-state index in [2.05, 4.69) is 5.10 Å². The van der Waals surface area contributed by atoms with Crippen molar-refractivity contribution in [1.82, 2.24) is 9.78 Å². The fourth-order valence-corrected chi connectivity index (χ4v) is 1.46. The van der Waals surface area contributed by atoms with Gasteiger partial charge in [-0.25, -0.2) is 0 Å². The average Bonchev–Trinajstić information content (AvgIpc) is 2.64. The highest BCUT2D eigenvalue weighted by Gasteiger charge is 2.30. The minimum Gasteiger partial charge on any atom is -0.493 e. The lowest BCUT2D eigenvalue weighted by atomic mass is 9.95. The number of hydrogen-bond donors (Lipinski definition) is 2. The summed E-state index contributed by atoms with van der Waals surface area (Å²) >= 11 is 0. The first-order valence-electron chi connectivity index (χ1n) is 4.97. The third-order valence-corrected chi connectivity index (χ3v) is 2.47. The number of carboxylic acid groups (broad SMARTS) is 1. The van der Waals surface area contributed by atoms with Crippen molar-refractivity contribution in [1.29, 1.82) is 0 Å². The zero-order chi connectivity index (χ0) is 12.3. The lowest BCUT2D eigenvalue weighted by Crippen LogP contribution is -2.46. The van der Waals surface area contributed by atoms with Crippen LogP contribution in [0.25, 0.3) is 0 Å². The Balaban J connectivity index is 2.72. The minimum absolute atomic E-state index is 0.102. The van der Waals surface area contributed by atoms with Crippen LogP contribution in [0.1, 0.15) is 26.3 Å². The molecule has 3 N–H and O–H groups in total. The molecule has 0 amide bonds. The van der Waals surface area contributed by atoms with Gasteiger partial charge in [0.05, 0.1) is 25.5 Å². The van der Waals surface area contributed by atoms with Gasteiger partial charge in [-0.15, -0.1) is 0 Å². The van der Waals surface area contributed by atoms with E-state index in [4.69, 9.17) is 15.6 Å². The van der Waals surface area contributed by atoms with Crippen LogP contribution in [0.5, 0.6) is 5.75 Å². The van der Waals surface area contributed by atoms with Crippen LogP contribution < -0.4 is 10.5 Å². The predicted molar refractivity (Wildman–Crippen MR) is 58.3 cm³/mol. The molecule has 90 valence electrons. The third kappa shape index (κ3) is 2.73. The predicted octanol–water partition coefficient (Wildman–Crippen LogP) is 0.645. The van der Waals surface area contributed by atoms with Gasteiger partial charge in [-0.1, -0.05) is 0 Å². The highest BCUT2D eigenvalue weighted by atomic mass is 16.5. The van der Waals surface area contributed by atoms with E-state index in [-0.39, 0.29) is 6.04 Å². The van der Waals surface area contributed by atoms with Crippen molar-refractivity contribution < 1.29 is 14.6 Å². The first-order valence-corrected chi connectivity index (χ1v) is 4.97. The highest BCUT2D eigenvalue weighted by molar-refractivity contribution is 5.77. The molecule has 0 spiro atoms. The molecule has 1 aromatic rings. The summed E-state index contributed by atoms with van der Waals surface area (Å²) in [6.07, 6.45) is 3.58. The maximum atomic E-state index is 10.9. The van der Waals surface area contributed by atoms with Gasteiger partial charge < -0.3 is 15.6 Å². The molecule has 0 aliphatic rings. The summed E-state index contributed by atoms with van der Waals surface area (Å²) in [5.74, 6) is -0.376. The molecule has 1 rings (SSSR count). The lowest BCUT2D eigenvalue weighted by Gasteiger charge is -2.23. The van der Waals surface area contributed by atoms with Crippen LogP contribution in [-0.4, -0.2) is 33.5 Å². The smallest absolute Gasteiger partial charge is 0.323 e. The molecule has 0 fully saturated rings. The Morgan fingerprint density at radius 3 is 2.88 bits per heavy atom. The normalized spacial score (nSPS) is 16.5. The van der Waals surface area contributed by atoms with E-state index in [1.807, 2.05) is 6.92 Å². The molecule has 2 unspecified atom stereocenters. The number of aromatic nitrogens is 2. The maximum Gasteiger partial charge on any atom is 0.323 e. The summed E-state index contributed by atoms with van der Waals surface area (Å²) < 4.78 is 6.64. The molecular weight excluding hydrogens is 210 g/mol. The van der Waals surface area contributed by atoms with Crippen LogP contribution in [0, 0.1) is 0 Å². The van der Waals surface area contributed by atoms with Crippen LogP contribution >= 0.6 is 0 Å². The molecule has 2 atom stereocenters. The van der Waals surface area contributed by atoms with Gasteiger partial charge >= 0.3 is 5.97 Å². The van der Waals surface area contributed by atoms with Gasteiger partial charge in [-0.3, -0.25) is 9.48 Å².